The Morgan fingerprint density at radius 3 is 2.58 bits per heavy atom. The lowest BCUT2D eigenvalue weighted by atomic mass is 10.2. The normalized spacial score (nSPS) is 12.1. The molecule has 5 heteroatoms. The van der Waals surface area contributed by atoms with Crippen LogP contribution in [0.4, 0.5) is 4.39 Å². The summed E-state index contributed by atoms with van der Waals surface area (Å²) < 4.78 is 23.4. The monoisotopic (exact) mass is 269 g/mol. The molecule has 0 saturated carbocycles. The molecule has 0 aromatic heterocycles. The van der Waals surface area contributed by atoms with Gasteiger partial charge in [0.25, 0.3) is 5.91 Å². The highest BCUT2D eigenvalue weighted by molar-refractivity contribution is 5.80. The molecule has 0 radical (unpaired) electrons. The number of carbonyl (C=O) groups is 1. The molecule has 19 heavy (non-hydrogen) atoms. The van der Waals surface area contributed by atoms with E-state index in [1.807, 2.05) is 6.92 Å². The molecule has 0 fully saturated rings. The van der Waals surface area contributed by atoms with E-state index in [0.717, 1.165) is 5.56 Å². The first kappa shape index (κ1) is 15.4. The number of methoxy groups -OCH3 is 2. The summed E-state index contributed by atoms with van der Waals surface area (Å²) >= 11 is 0. The summed E-state index contributed by atoms with van der Waals surface area (Å²) in [7, 11) is 2.91. The Morgan fingerprint density at radius 2 is 2.11 bits per heavy atom. The highest BCUT2D eigenvalue weighted by Gasteiger charge is 2.19. The van der Waals surface area contributed by atoms with Gasteiger partial charge in [-0.2, -0.15) is 0 Å². The zero-order valence-corrected chi connectivity index (χ0v) is 11.8. The molecular formula is C14H20FNO3. The fourth-order valence-corrected chi connectivity index (χ4v) is 1.73. The van der Waals surface area contributed by atoms with E-state index in [4.69, 9.17) is 9.47 Å². The molecule has 1 amide bonds. The maximum atomic E-state index is 13.6. The van der Waals surface area contributed by atoms with Crippen molar-refractivity contribution in [1.82, 2.24) is 4.90 Å². The summed E-state index contributed by atoms with van der Waals surface area (Å²) in [4.78, 5) is 13.6. The molecule has 1 aromatic carbocycles. The van der Waals surface area contributed by atoms with Gasteiger partial charge < -0.3 is 14.4 Å². The minimum absolute atomic E-state index is 0.110. The number of carbonyl (C=O) groups excluding carboxylic acids is 1. The van der Waals surface area contributed by atoms with Crippen molar-refractivity contribution < 1.29 is 18.7 Å². The van der Waals surface area contributed by atoms with Crippen molar-refractivity contribution in [1.29, 1.82) is 0 Å². The van der Waals surface area contributed by atoms with Gasteiger partial charge in [0.2, 0.25) is 0 Å². The maximum Gasteiger partial charge on any atom is 0.251 e. The average molecular weight is 269 g/mol. The van der Waals surface area contributed by atoms with Gasteiger partial charge in [0.05, 0.1) is 7.11 Å². The van der Waals surface area contributed by atoms with Crippen LogP contribution >= 0.6 is 0 Å². The van der Waals surface area contributed by atoms with Crippen LogP contribution < -0.4 is 4.74 Å². The van der Waals surface area contributed by atoms with E-state index in [1.165, 1.54) is 20.3 Å². The lowest BCUT2D eigenvalue weighted by Crippen LogP contribution is -2.38. The van der Waals surface area contributed by atoms with Crippen molar-refractivity contribution in [2.75, 3.05) is 20.8 Å². The minimum Gasteiger partial charge on any atom is -0.494 e. The number of amides is 1. The Hall–Kier alpha value is -1.62. The van der Waals surface area contributed by atoms with Gasteiger partial charge in [-0.1, -0.05) is 6.07 Å². The summed E-state index contributed by atoms with van der Waals surface area (Å²) in [6, 6.07) is 4.68. The van der Waals surface area contributed by atoms with E-state index in [2.05, 4.69) is 0 Å². The predicted octanol–water partition coefficient (Wildman–Crippen LogP) is 2.22. The van der Waals surface area contributed by atoms with Crippen molar-refractivity contribution in [2.24, 2.45) is 0 Å². The molecule has 4 nitrogen and oxygen atoms in total. The Bertz CT molecular complexity index is 437. The third-order valence-corrected chi connectivity index (χ3v) is 2.98. The Morgan fingerprint density at radius 1 is 1.42 bits per heavy atom. The first-order chi connectivity index (χ1) is 9.03. The lowest BCUT2D eigenvalue weighted by molar-refractivity contribution is -0.141. The molecule has 1 rings (SSSR count). The molecule has 1 atom stereocenters. The van der Waals surface area contributed by atoms with Crippen LogP contribution in [0.15, 0.2) is 18.2 Å². The molecule has 0 bridgehead atoms. The quantitative estimate of drug-likeness (QED) is 0.795. The highest BCUT2D eigenvalue weighted by atomic mass is 19.1. The first-order valence-corrected chi connectivity index (χ1v) is 6.17. The Kier molecular flexibility index (Phi) is 5.76. The second kappa shape index (κ2) is 7.09. The van der Waals surface area contributed by atoms with Crippen molar-refractivity contribution in [3.63, 3.8) is 0 Å². The van der Waals surface area contributed by atoms with Crippen LogP contribution in [0.3, 0.4) is 0 Å². The van der Waals surface area contributed by atoms with Gasteiger partial charge in [0.1, 0.15) is 6.10 Å². The van der Waals surface area contributed by atoms with Crippen molar-refractivity contribution >= 4 is 5.91 Å². The van der Waals surface area contributed by atoms with Gasteiger partial charge >= 0.3 is 0 Å². The number of hydrogen-bond acceptors (Lipinski definition) is 3. The van der Waals surface area contributed by atoms with Crippen LogP contribution in [0, 0.1) is 5.82 Å². The number of halogens is 1. The molecule has 0 aliphatic heterocycles. The van der Waals surface area contributed by atoms with Gasteiger partial charge in [-0.3, -0.25) is 4.79 Å². The first-order valence-electron chi connectivity index (χ1n) is 6.17. The number of hydrogen-bond donors (Lipinski definition) is 0. The molecule has 0 N–H and O–H groups in total. The van der Waals surface area contributed by atoms with Crippen LogP contribution in [-0.4, -0.2) is 37.7 Å². The zero-order valence-electron chi connectivity index (χ0n) is 11.8. The van der Waals surface area contributed by atoms with Crippen molar-refractivity contribution in [2.45, 2.75) is 26.5 Å². The smallest absolute Gasteiger partial charge is 0.251 e. The summed E-state index contributed by atoms with van der Waals surface area (Å²) in [6.45, 7) is 4.46. The van der Waals surface area contributed by atoms with Gasteiger partial charge in [-0.15, -0.1) is 0 Å². The molecule has 0 heterocycles. The minimum atomic E-state index is -0.497. The average Bonchev–Trinajstić information content (AvgIpc) is 2.43. The fraction of sp³-hybridized carbons (Fsp3) is 0.500. The summed E-state index contributed by atoms with van der Waals surface area (Å²) in [6.07, 6.45) is -0.497. The Labute approximate surface area is 113 Å². The van der Waals surface area contributed by atoms with E-state index < -0.39 is 11.9 Å². The summed E-state index contributed by atoms with van der Waals surface area (Å²) in [5.74, 6) is -0.340. The summed E-state index contributed by atoms with van der Waals surface area (Å²) in [5, 5.41) is 0. The number of ether oxygens (including phenoxy) is 2. The van der Waals surface area contributed by atoms with Crippen LogP contribution in [0.25, 0.3) is 0 Å². The Balaban J connectivity index is 2.81. The maximum absolute atomic E-state index is 13.6. The third-order valence-electron chi connectivity index (χ3n) is 2.98. The van der Waals surface area contributed by atoms with E-state index >= 15 is 0 Å². The van der Waals surface area contributed by atoms with Crippen LogP contribution in [0.1, 0.15) is 19.4 Å². The fourth-order valence-electron chi connectivity index (χ4n) is 1.73. The molecule has 0 saturated heterocycles. The number of likely N-dealkylation sites (N-methyl/N-ethyl adjacent to an activating group) is 1. The van der Waals surface area contributed by atoms with E-state index in [9.17, 15) is 9.18 Å². The van der Waals surface area contributed by atoms with E-state index in [0.29, 0.717) is 13.1 Å². The van der Waals surface area contributed by atoms with Crippen LogP contribution in [-0.2, 0) is 16.1 Å². The third kappa shape index (κ3) is 3.92. The van der Waals surface area contributed by atoms with Crippen LogP contribution in [0.2, 0.25) is 0 Å². The molecule has 0 aliphatic rings. The van der Waals surface area contributed by atoms with Gasteiger partial charge in [-0.25, -0.2) is 4.39 Å². The highest BCUT2D eigenvalue weighted by Crippen LogP contribution is 2.19. The molecule has 0 spiro atoms. The SMILES string of the molecule is CCN(Cc1ccc(OC)c(F)c1)C(=O)C(C)OC. The molecule has 0 aliphatic carbocycles. The molecule has 1 aromatic rings. The number of benzene rings is 1. The van der Waals surface area contributed by atoms with Gasteiger partial charge in [0.15, 0.2) is 11.6 Å². The summed E-state index contributed by atoms with van der Waals surface area (Å²) in [5.41, 5.74) is 0.719. The second-order valence-electron chi connectivity index (χ2n) is 4.20. The van der Waals surface area contributed by atoms with Crippen molar-refractivity contribution in [3.05, 3.63) is 29.6 Å². The topological polar surface area (TPSA) is 38.8 Å². The number of rotatable bonds is 6. The molecule has 106 valence electrons. The molecule has 1 unspecified atom stereocenters. The largest absolute Gasteiger partial charge is 0.494 e. The number of nitrogens with zero attached hydrogens (tertiary/aromatic N) is 1. The molecular weight excluding hydrogens is 249 g/mol. The predicted molar refractivity (Wildman–Crippen MR) is 70.5 cm³/mol. The second-order valence-corrected chi connectivity index (χ2v) is 4.20. The van der Waals surface area contributed by atoms with Gasteiger partial charge in [0, 0.05) is 20.2 Å². The van der Waals surface area contributed by atoms with Gasteiger partial charge in [-0.05, 0) is 31.5 Å². The van der Waals surface area contributed by atoms with E-state index in [1.54, 1.807) is 24.0 Å². The zero-order chi connectivity index (χ0) is 14.4. The van der Waals surface area contributed by atoms with E-state index in [-0.39, 0.29) is 11.7 Å². The standard InChI is InChI=1S/C14H20FNO3/c1-5-16(14(17)10(2)18-3)9-11-6-7-13(19-4)12(15)8-11/h6-8,10H,5,9H2,1-4H3. The van der Waals surface area contributed by atoms with Crippen LogP contribution in [0.5, 0.6) is 5.75 Å². The van der Waals surface area contributed by atoms with Crippen molar-refractivity contribution in [3.8, 4) is 5.75 Å². The lowest BCUT2D eigenvalue weighted by Gasteiger charge is -2.24.